The summed E-state index contributed by atoms with van der Waals surface area (Å²) in [6.07, 6.45) is 0. The summed E-state index contributed by atoms with van der Waals surface area (Å²) >= 11 is 0. The highest BCUT2D eigenvalue weighted by Gasteiger charge is 2.29. The average Bonchev–Trinajstić information content (AvgIpc) is 3.26. The maximum Gasteiger partial charge on any atom is 0.150 e. The fourth-order valence-electron chi connectivity index (χ4n) is 9.54. The van der Waals surface area contributed by atoms with Crippen molar-refractivity contribution in [3.63, 3.8) is 0 Å². The van der Waals surface area contributed by atoms with Crippen molar-refractivity contribution in [3.8, 4) is 22.3 Å². The third-order valence-corrected chi connectivity index (χ3v) is 12.1. The zero-order valence-corrected chi connectivity index (χ0v) is 34.6. The highest BCUT2D eigenvalue weighted by molar-refractivity contribution is 6.28. The lowest BCUT2D eigenvalue weighted by atomic mass is 9.90. The standard InChI is InChI=1S/C56H40F4N2/c1-33-13-11-14-34(2)51(33)45-29-39(57)31-47(59)55(45)61(41-17-7-5-8-18-41)49-27-23-37-22-26-44-50(28-24-38-21-25-43(49)53(37)54(38)44)62(42-19-9-6-10-20-42)56-46(30-40(58)32-48(56)60)52-35(3)15-12-16-36(52)4/h5-32H,1-4H3. The first-order chi connectivity index (χ1) is 30.1. The van der Waals surface area contributed by atoms with Crippen LogP contribution in [0.1, 0.15) is 22.3 Å². The van der Waals surface area contributed by atoms with Crippen molar-refractivity contribution in [1.29, 1.82) is 0 Å². The number of para-hydroxylation sites is 2. The first-order valence-corrected chi connectivity index (χ1v) is 20.6. The minimum absolute atomic E-state index is 0.229. The van der Waals surface area contributed by atoms with Crippen molar-refractivity contribution in [2.75, 3.05) is 9.80 Å². The minimum Gasteiger partial charge on any atom is -0.307 e. The van der Waals surface area contributed by atoms with E-state index in [1.807, 2.05) is 159 Å². The number of hydrogen-bond donors (Lipinski definition) is 0. The second-order valence-electron chi connectivity index (χ2n) is 16.0. The molecule has 10 rings (SSSR count). The lowest BCUT2D eigenvalue weighted by Crippen LogP contribution is -2.15. The van der Waals surface area contributed by atoms with Gasteiger partial charge in [-0.15, -0.1) is 0 Å². The monoisotopic (exact) mass is 816 g/mol. The zero-order valence-electron chi connectivity index (χ0n) is 34.6. The molecule has 10 aromatic carbocycles. The van der Waals surface area contributed by atoms with Gasteiger partial charge >= 0.3 is 0 Å². The molecule has 6 heteroatoms. The molecule has 302 valence electrons. The van der Waals surface area contributed by atoms with Gasteiger partial charge in [0.1, 0.15) is 11.6 Å². The minimum atomic E-state index is -0.695. The number of anilines is 6. The van der Waals surface area contributed by atoms with Gasteiger partial charge in [-0.25, -0.2) is 17.6 Å². The van der Waals surface area contributed by atoms with Crippen molar-refractivity contribution in [3.05, 3.63) is 215 Å². The summed E-state index contributed by atoms with van der Waals surface area (Å²) < 4.78 is 64.5. The molecule has 0 atom stereocenters. The molecule has 0 aromatic heterocycles. The molecule has 10 aromatic rings. The Bertz CT molecular complexity index is 3080. The van der Waals surface area contributed by atoms with Gasteiger partial charge in [-0.05, 0) is 131 Å². The fraction of sp³-hybridized carbons (Fsp3) is 0.0714. The van der Waals surface area contributed by atoms with Gasteiger partial charge in [-0.2, -0.15) is 0 Å². The quantitative estimate of drug-likeness (QED) is 0.111. The van der Waals surface area contributed by atoms with Crippen LogP contribution >= 0.6 is 0 Å². The Labute approximate surface area is 357 Å². The second-order valence-corrected chi connectivity index (χ2v) is 16.0. The maximum absolute atomic E-state index is 16.9. The summed E-state index contributed by atoms with van der Waals surface area (Å²) in [7, 11) is 0. The van der Waals surface area contributed by atoms with Crippen LogP contribution in [-0.2, 0) is 0 Å². The van der Waals surface area contributed by atoms with Gasteiger partial charge in [0.05, 0.1) is 22.7 Å². The van der Waals surface area contributed by atoms with E-state index in [1.165, 1.54) is 12.1 Å². The molecular formula is C56H40F4N2. The molecule has 0 spiro atoms. The average molecular weight is 817 g/mol. The lowest BCUT2D eigenvalue weighted by Gasteiger charge is -2.31. The van der Waals surface area contributed by atoms with Crippen molar-refractivity contribution in [1.82, 2.24) is 0 Å². The summed E-state index contributed by atoms with van der Waals surface area (Å²) in [4.78, 5) is 3.79. The number of rotatable bonds is 8. The van der Waals surface area contributed by atoms with Crippen LogP contribution in [0.15, 0.2) is 170 Å². The zero-order chi connectivity index (χ0) is 42.8. The smallest absolute Gasteiger partial charge is 0.150 e. The number of hydrogen-bond acceptors (Lipinski definition) is 2. The van der Waals surface area contributed by atoms with Gasteiger partial charge < -0.3 is 9.80 Å². The third kappa shape index (κ3) is 6.33. The van der Waals surface area contributed by atoms with E-state index in [9.17, 15) is 0 Å². The van der Waals surface area contributed by atoms with Crippen molar-refractivity contribution < 1.29 is 17.6 Å². The molecule has 2 nitrogen and oxygen atoms in total. The highest BCUT2D eigenvalue weighted by Crippen LogP contribution is 2.51. The Morgan fingerprint density at radius 2 is 0.710 bits per heavy atom. The van der Waals surface area contributed by atoms with Crippen LogP contribution in [0.3, 0.4) is 0 Å². The summed E-state index contributed by atoms with van der Waals surface area (Å²) in [5.74, 6) is -2.72. The van der Waals surface area contributed by atoms with Crippen molar-refractivity contribution in [2.24, 2.45) is 0 Å². The fourth-order valence-corrected chi connectivity index (χ4v) is 9.54. The van der Waals surface area contributed by atoms with Crippen LogP contribution in [0.25, 0.3) is 54.6 Å². The summed E-state index contributed by atoms with van der Waals surface area (Å²) in [6, 6.07) is 51.9. The van der Waals surface area contributed by atoms with Gasteiger partial charge in [0.15, 0.2) is 11.6 Å². The molecule has 0 saturated carbocycles. The van der Waals surface area contributed by atoms with Crippen LogP contribution in [0.4, 0.5) is 51.7 Å². The SMILES string of the molecule is Cc1cccc(C)c1-c1cc(F)cc(F)c1N(c1ccccc1)c1ccc2ccc3c(N(c4ccccc4)c4c(F)cc(F)cc4-c4c(C)cccc4C)ccc4ccc1c2c43. The maximum atomic E-state index is 16.9. The van der Waals surface area contributed by atoms with E-state index in [2.05, 4.69) is 24.3 Å². The Kier molecular flexibility index (Phi) is 9.52. The topological polar surface area (TPSA) is 6.48 Å². The molecule has 0 unspecified atom stereocenters. The van der Waals surface area contributed by atoms with E-state index in [0.29, 0.717) is 33.9 Å². The summed E-state index contributed by atoms with van der Waals surface area (Å²) in [5, 5.41) is 5.45. The van der Waals surface area contributed by atoms with Gasteiger partial charge in [-0.3, -0.25) is 0 Å². The van der Waals surface area contributed by atoms with Crippen molar-refractivity contribution >= 4 is 66.4 Å². The van der Waals surface area contributed by atoms with E-state index in [4.69, 9.17) is 0 Å². The Morgan fingerprint density at radius 3 is 1.08 bits per heavy atom. The van der Waals surface area contributed by atoms with E-state index in [-0.39, 0.29) is 11.4 Å². The van der Waals surface area contributed by atoms with E-state index >= 15 is 17.6 Å². The molecule has 0 aliphatic carbocycles. The van der Waals surface area contributed by atoms with E-state index in [0.717, 1.165) is 77.8 Å². The van der Waals surface area contributed by atoms with Gasteiger partial charge in [-0.1, -0.05) is 109 Å². The molecule has 0 saturated heterocycles. The molecule has 0 aliphatic rings. The molecule has 0 amide bonds. The summed E-state index contributed by atoms with van der Waals surface area (Å²) in [6.45, 7) is 7.82. The second kappa shape index (κ2) is 15.2. The van der Waals surface area contributed by atoms with Gasteiger partial charge in [0.25, 0.3) is 0 Å². The third-order valence-electron chi connectivity index (χ3n) is 12.1. The molecule has 0 fully saturated rings. The first-order valence-electron chi connectivity index (χ1n) is 20.6. The molecule has 0 bridgehead atoms. The first kappa shape index (κ1) is 38.7. The van der Waals surface area contributed by atoms with Crippen LogP contribution in [0.2, 0.25) is 0 Å². The predicted molar refractivity (Wildman–Crippen MR) is 249 cm³/mol. The molecule has 62 heavy (non-hydrogen) atoms. The largest absolute Gasteiger partial charge is 0.307 e. The number of halogens is 4. The van der Waals surface area contributed by atoms with Crippen LogP contribution in [0.5, 0.6) is 0 Å². The number of nitrogens with zero attached hydrogens (tertiary/aromatic N) is 2. The van der Waals surface area contributed by atoms with Crippen LogP contribution in [-0.4, -0.2) is 0 Å². The van der Waals surface area contributed by atoms with Crippen LogP contribution in [0, 0.1) is 51.0 Å². The number of aryl methyl sites for hydroxylation is 4. The molecular weight excluding hydrogens is 777 g/mol. The Balaban J connectivity index is 1.28. The predicted octanol–water partition coefficient (Wildman–Crippen LogP) is 16.6. The molecule has 0 aliphatic heterocycles. The van der Waals surface area contributed by atoms with E-state index in [1.54, 1.807) is 0 Å². The Hall–Kier alpha value is -7.44. The van der Waals surface area contributed by atoms with Crippen molar-refractivity contribution in [2.45, 2.75) is 27.7 Å². The highest BCUT2D eigenvalue weighted by atomic mass is 19.1. The lowest BCUT2D eigenvalue weighted by molar-refractivity contribution is 0.584. The van der Waals surface area contributed by atoms with Crippen LogP contribution < -0.4 is 9.80 Å². The normalized spacial score (nSPS) is 11.5. The molecule has 0 N–H and O–H groups in total. The number of benzene rings is 10. The Morgan fingerprint density at radius 1 is 0.355 bits per heavy atom. The summed E-state index contributed by atoms with van der Waals surface area (Å²) in [5.41, 5.74) is 9.24. The van der Waals surface area contributed by atoms with Gasteiger partial charge in [0, 0.05) is 45.4 Å². The van der Waals surface area contributed by atoms with E-state index < -0.39 is 23.3 Å². The van der Waals surface area contributed by atoms with Gasteiger partial charge in [0.2, 0.25) is 0 Å². The molecule has 0 radical (unpaired) electrons. The molecule has 0 heterocycles.